The summed E-state index contributed by atoms with van der Waals surface area (Å²) in [7, 11) is 0. The highest BCUT2D eigenvalue weighted by atomic mass is 35.5. The van der Waals surface area contributed by atoms with E-state index in [0.717, 1.165) is 5.56 Å². The van der Waals surface area contributed by atoms with Crippen LogP contribution in [0.4, 0.5) is 5.69 Å². The summed E-state index contributed by atoms with van der Waals surface area (Å²) in [5, 5.41) is 2.93. The van der Waals surface area contributed by atoms with Gasteiger partial charge in [0.1, 0.15) is 23.5 Å². The third kappa shape index (κ3) is 2.52. The lowest BCUT2D eigenvalue weighted by Crippen LogP contribution is -2.71. The molecule has 2 aromatic rings. The Morgan fingerprint density at radius 1 is 1.24 bits per heavy atom. The molecule has 7 nitrogen and oxygen atoms in total. The zero-order valence-corrected chi connectivity index (χ0v) is 17.5. The first kappa shape index (κ1) is 18.7. The van der Waals surface area contributed by atoms with Gasteiger partial charge in [-0.05, 0) is 44.2 Å². The zero-order valence-electron chi connectivity index (χ0n) is 16.0. The van der Waals surface area contributed by atoms with E-state index in [0.29, 0.717) is 40.5 Å². The summed E-state index contributed by atoms with van der Waals surface area (Å²) >= 11 is 7.18. The number of nitrogens with two attached hydrogens (primary N) is 1. The van der Waals surface area contributed by atoms with Gasteiger partial charge in [0.25, 0.3) is 11.9 Å². The lowest BCUT2D eigenvalue weighted by molar-refractivity contribution is -0.247. The topological polar surface area (TPSA) is 95.2 Å². The van der Waals surface area contributed by atoms with E-state index in [1.165, 1.54) is 11.3 Å². The third-order valence-corrected chi connectivity index (χ3v) is 7.45. The van der Waals surface area contributed by atoms with E-state index < -0.39 is 16.6 Å². The molecule has 29 heavy (non-hydrogen) atoms. The second-order valence-corrected chi connectivity index (χ2v) is 9.77. The van der Waals surface area contributed by atoms with E-state index >= 15 is 0 Å². The number of amides is 1. The predicted octanol–water partition coefficient (Wildman–Crippen LogP) is 3.38. The highest BCUT2D eigenvalue weighted by molar-refractivity contribution is 7.18. The number of thiophene rings is 1. The molecular formula is C20H20ClN3O4S. The predicted molar refractivity (Wildman–Crippen MR) is 111 cm³/mol. The van der Waals surface area contributed by atoms with Crippen LogP contribution in [0, 0.1) is 5.41 Å². The van der Waals surface area contributed by atoms with E-state index in [2.05, 4.69) is 5.32 Å². The van der Waals surface area contributed by atoms with Crippen LogP contribution in [-0.2, 0) is 15.0 Å². The molecule has 5 rings (SSSR count). The van der Waals surface area contributed by atoms with Gasteiger partial charge in [0, 0.05) is 11.3 Å². The molecule has 1 aromatic carbocycles. The molecule has 152 valence electrons. The Labute approximate surface area is 176 Å². The molecule has 3 N–H and O–H groups in total. The number of halogens is 1. The molecule has 3 aliphatic heterocycles. The number of fused-ring (bicyclic) bond motifs is 3. The average molecular weight is 434 g/mol. The lowest BCUT2D eigenvalue weighted by atomic mass is 9.55. The molecule has 0 radical (unpaired) electrons. The largest absolute Gasteiger partial charge is 0.487 e. The standard InChI is InChI=1S/C20H20ClN3O4S/c1-18(2)19(8-26-9-19)20(10-27-17(22)24-20)12-7-11(3-4-13(12)28-18)23-16(25)14-5-6-15(21)29-14/h3-7H,8-10H2,1-2H3,(H2,22,24)(H,23,25). The fourth-order valence-corrected chi connectivity index (χ4v) is 5.42. The van der Waals surface area contributed by atoms with Gasteiger partial charge in [0.15, 0.2) is 0 Å². The second-order valence-electron chi connectivity index (χ2n) is 8.06. The molecule has 0 saturated carbocycles. The lowest BCUT2D eigenvalue weighted by Gasteiger charge is -2.61. The fraction of sp³-hybridized carbons (Fsp3) is 0.400. The second kappa shape index (κ2) is 6.10. The monoisotopic (exact) mass is 433 g/mol. The van der Waals surface area contributed by atoms with E-state index in [4.69, 9.17) is 36.5 Å². The molecule has 9 heteroatoms. The summed E-state index contributed by atoms with van der Waals surface area (Å²) < 4.78 is 18.2. The summed E-state index contributed by atoms with van der Waals surface area (Å²) in [5.41, 5.74) is 5.73. The van der Waals surface area contributed by atoms with E-state index in [1.54, 1.807) is 12.1 Å². The number of carbonyl (C=O) groups excluding carboxylic acids is 1. The molecule has 3 aliphatic rings. The van der Waals surface area contributed by atoms with Crippen molar-refractivity contribution in [1.82, 2.24) is 0 Å². The van der Waals surface area contributed by atoms with Crippen molar-refractivity contribution in [1.29, 1.82) is 0 Å². The highest BCUT2D eigenvalue weighted by Gasteiger charge is 2.71. The number of ether oxygens (including phenoxy) is 3. The molecule has 4 heterocycles. The molecule has 2 spiro atoms. The molecule has 0 bridgehead atoms. The SMILES string of the molecule is CC1(C)Oc2ccc(NC(=O)c3ccc(Cl)s3)cc2C2(COC(N)=N2)C12COC2. The fourth-order valence-electron chi connectivity index (χ4n) is 4.48. The van der Waals surface area contributed by atoms with Gasteiger partial charge in [-0.2, -0.15) is 0 Å². The van der Waals surface area contributed by atoms with Gasteiger partial charge in [0.05, 0.1) is 27.8 Å². The Hall–Kier alpha value is -2.29. The van der Waals surface area contributed by atoms with Gasteiger partial charge in [-0.3, -0.25) is 4.79 Å². The first-order valence-corrected chi connectivity index (χ1v) is 10.4. The van der Waals surface area contributed by atoms with Crippen molar-refractivity contribution in [3.05, 3.63) is 45.1 Å². The van der Waals surface area contributed by atoms with E-state index in [9.17, 15) is 4.79 Å². The van der Waals surface area contributed by atoms with Crippen LogP contribution in [-0.4, -0.2) is 37.4 Å². The Balaban J connectivity index is 1.58. The first-order chi connectivity index (χ1) is 13.8. The minimum absolute atomic E-state index is 0.155. The number of rotatable bonds is 2. The number of nitrogens with zero attached hydrogens (tertiary/aromatic N) is 1. The number of hydrogen-bond donors (Lipinski definition) is 2. The number of anilines is 1. The zero-order chi connectivity index (χ0) is 20.4. The summed E-state index contributed by atoms with van der Waals surface area (Å²) in [6, 6.07) is 9.11. The number of benzene rings is 1. The number of carbonyl (C=O) groups is 1. The summed E-state index contributed by atoms with van der Waals surface area (Å²) in [4.78, 5) is 17.9. The van der Waals surface area contributed by atoms with Crippen LogP contribution in [0.25, 0.3) is 0 Å². The van der Waals surface area contributed by atoms with Crippen molar-refractivity contribution >= 4 is 40.6 Å². The Morgan fingerprint density at radius 3 is 2.62 bits per heavy atom. The van der Waals surface area contributed by atoms with Crippen LogP contribution >= 0.6 is 22.9 Å². The van der Waals surface area contributed by atoms with Gasteiger partial charge in [-0.25, -0.2) is 4.99 Å². The summed E-state index contributed by atoms with van der Waals surface area (Å²) in [6.07, 6.45) is 0. The van der Waals surface area contributed by atoms with Gasteiger partial charge < -0.3 is 25.3 Å². The van der Waals surface area contributed by atoms with Crippen LogP contribution < -0.4 is 15.8 Å². The number of amidine groups is 1. The van der Waals surface area contributed by atoms with Gasteiger partial charge >= 0.3 is 0 Å². The van der Waals surface area contributed by atoms with Gasteiger partial charge in [-0.15, -0.1) is 11.3 Å². The molecule has 0 aliphatic carbocycles. The minimum atomic E-state index is -0.737. The Morgan fingerprint density at radius 2 is 2.03 bits per heavy atom. The van der Waals surface area contributed by atoms with Crippen LogP contribution in [0.5, 0.6) is 5.75 Å². The number of hydrogen-bond acceptors (Lipinski definition) is 7. The smallest absolute Gasteiger partial charge is 0.283 e. The van der Waals surface area contributed by atoms with Crippen molar-refractivity contribution in [2.75, 3.05) is 25.1 Å². The number of nitrogens with one attached hydrogen (secondary N) is 1. The van der Waals surface area contributed by atoms with Crippen molar-refractivity contribution in [3.63, 3.8) is 0 Å². The molecule has 1 aromatic heterocycles. The van der Waals surface area contributed by atoms with Crippen molar-refractivity contribution < 1.29 is 19.0 Å². The van der Waals surface area contributed by atoms with Crippen LogP contribution in [0.3, 0.4) is 0 Å². The minimum Gasteiger partial charge on any atom is -0.487 e. The highest BCUT2D eigenvalue weighted by Crippen LogP contribution is 2.62. The van der Waals surface area contributed by atoms with Crippen molar-refractivity contribution in [2.24, 2.45) is 16.1 Å². The Kier molecular flexibility index (Phi) is 3.94. The van der Waals surface area contributed by atoms with Crippen LogP contribution in [0.1, 0.15) is 29.1 Å². The molecule has 1 saturated heterocycles. The molecular weight excluding hydrogens is 414 g/mol. The maximum Gasteiger partial charge on any atom is 0.283 e. The molecule has 1 atom stereocenters. The Bertz CT molecular complexity index is 1050. The maximum absolute atomic E-state index is 12.6. The average Bonchev–Trinajstić information content (AvgIpc) is 3.21. The van der Waals surface area contributed by atoms with Crippen LogP contribution in [0.2, 0.25) is 4.34 Å². The normalized spacial score (nSPS) is 25.6. The maximum atomic E-state index is 12.6. The molecule has 1 fully saturated rings. The quantitative estimate of drug-likeness (QED) is 0.757. The van der Waals surface area contributed by atoms with Crippen molar-refractivity contribution in [3.8, 4) is 5.75 Å². The van der Waals surface area contributed by atoms with E-state index in [-0.39, 0.29) is 11.9 Å². The van der Waals surface area contributed by atoms with Crippen molar-refractivity contribution in [2.45, 2.75) is 25.0 Å². The third-order valence-electron chi connectivity index (χ3n) is 6.22. The van der Waals surface area contributed by atoms with Crippen LogP contribution in [0.15, 0.2) is 35.3 Å². The summed E-state index contributed by atoms with van der Waals surface area (Å²) in [5.74, 6) is 0.479. The van der Waals surface area contributed by atoms with E-state index in [1.807, 2.05) is 32.0 Å². The summed E-state index contributed by atoms with van der Waals surface area (Å²) in [6.45, 7) is 5.37. The molecule has 1 amide bonds. The van der Waals surface area contributed by atoms with Gasteiger partial charge in [0.2, 0.25) is 0 Å². The first-order valence-electron chi connectivity index (χ1n) is 9.23. The number of aliphatic imine (C=N–C) groups is 1. The molecule has 1 unspecified atom stereocenters. The van der Waals surface area contributed by atoms with Gasteiger partial charge in [-0.1, -0.05) is 11.6 Å².